The molecule has 1 aromatic heterocycles. The Morgan fingerprint density at radius 1 is 1.47 bits per heavy atom. The lowest BCUT2D eigenvalue weighted by Crippen LogP contribution is -1.90. The van der Waals surface area contributed by atoms with Crippen molar-refractivity contribution >= 4 is 11.6 Å². The maximum Gasteiger partial charge on any atom is 0.141 e. The second kappa shape index (κ2) is 4.77. The lowest BCUT2D eigenvalue weighted by molar-refractivity contribution is 0.276. The number of benzene rings is 1. The minimum Gasteiger partial charge on any atom is -0.496 e. The van der Waals surface area contributed by atoms with E-state index in [0.717, 1.165) is 11.3 Å². The van der Waals surface area contributed by atoms with Crippen LogP contribution in [0.1, 0.15) is 11.4 Å². The molecule has 0 saturated carbocycles. The number of nitrogens with one attached hydrogen (secondary N) is 1. The minimum absolute atomic E-state index is 0.0920. The van der Waals surface area contributed by atoms with Gasteiger partial charge in [-0.15, -0.1) is 0 Å². The van der Waals surface area contributed by atoms with Gasteiger partial charge in [-0.05, 0) is 25.1 Å². The maximum atomic E-state index is 9.12. The Morgan fingerprint density at radius 3 is 2.82 bits per heavy atom. The summed E-state index contributed by atoms with van der Waals surface area (Å²) in [6.45, 7) is 1.77. The highest BCUT2D eigenvalue weighted by Gasteiger charge is 2.12. The lowest BCUT2D eigenvalue weighted by Gasteiger charge is -2.06. The molecule has 0 atom stereocenters. The average Bonchev–Trinajstić information content (AvgIpc) is 2.70. The van der Waals surface area contributed by atoms with E-state index in [-0.39, 0.29) is 6.61 Å². The molecule has 90 valence electrons. The fourth-order valence-electron chi connectivity index (χ4n) is 1.64. The van der Waals surface area contributed by atoms with Crippen molar-refractivity contribution in [2.45, 2.75) is 13.5 Å². The standard InChI is InChI=1S/C12H13ClN2O2/c1-7-10(6-16)15-12(14-7)9-5-8(13)3-4-11(9)17-2/h3-5,16H,6H2,1-2H3,(H,14,15). The first-order chi connectivity index (χ1) is 8.15. The summed E-state index contributed by atoms with van der Waals surface area (Å²) in [5.74, 6) is 1.33. The topological polar surface area (TPSA) is 58.1 Å². The highest BCUT2D eigenvalue weighted by atomic mass is 35.5. The second-order valence-corrected chi connectivity index (χ2v) is 4.10. The smallest absolute Gasteiger partial charge is 0.141 e. The number of methoxy groups -OCH3 is 1. The van der Waals surface area contributed by atoms with Crippen LogP contribution in [0.15, 0.2) is 18.2 Å². The number of aliphatic hydroxyl groups excluding tert-OH is 1. The fraction of sp³-hybridized carbons (Fsp3) is 0.250. The Bertz CT molecular complexity index is 537. The van der Waals surface area contributed by atoms with Crippen molar-refractivity contribution in [3.63, 3.8) is 0 Å². The van der Waals surface area contributed by atoms with Gasteiger partial charge >= 0.3 is 0 Å². The van der Waals surface area contributed by atoms with Crippen molar-refractivity contribution < 1.29 is 9.84 Å². The summed E-state index contributed by atoms with van der Waals surface area (Å²) in [5.41, 5.74) is 2.24. The molecule has 17 heavy (non-hydrogen) atoms. The quantitative estimate of drug-likeness (QED) is 0.883. The van der Waals surface area contributed by atoms with E-state index in [1.165, 1.54) is 0 Å². The molecular weight excluding hydrogens is 240 g/mol. The Balaban J connectivity index is 2.54. The van der Waals surface area contributed by atoms with Crippen LogP contribution in [0, 0.1) is 6.92 Å². The summed E-state index contributed by atoms with van der Waals surface area (Å²) in [6.07, 6.45) is 0. The Kier molecular flexibility index (Phi) is 3.36. The third-order valence-electron chi connectivity index (χ3n) is 2.55. The van der Waals surface area contributed by atoms with Crippen molar-refractivity contribution in [1.29, 1.82) is 0 Å². The van der Waals surface area contributed by atoms with Crippen molar-refractivity contribution in [2.75, 3.05) is 7.11 Å². The molecule has 0 amide bonds. The van der Waals surface area contributed by atoms with E-state index in [4.69, 9.17) is 21.4 Å². The molecule has 1 heterocycles. The Hall–Kier alpha value is -1.52. The number of rotatable bonds is 3. The summed E-state index contributed by atoms with van der Waals surface area (Å²) >= 11 is 5.96. The number of aromatic amines is 1. The summed E-state index contributed by atoms with van der Waals surface area (Å²) in [6, 6.07) is 5.32. The number of halogens is 1. The van der Waals surface area contributed by atoms with Crippen molar-refractivity contribution in [3.05, 3.63) is 34.6 Å². The molecule has 0 aliphatic heterocycles. The molecule has 0 aliphatic rings. The molecule has 4 nitrogen and oxygen atoms in total. The summed E-state index contributed by atoms with van der Waals surface area (Å²) < 4.78 is 5.26. The molecular formula is C12H13ClN2O2. The average molecular weight is 253 g/mol. The zero-order chi connectivity index (χ0) is 12.4. The normalized spacial score (nSPS) is 10.6. The van der Waals surface area contributed by atoms with Gasteiger partial charge in [0.15, 0.2) is 0 Å². The zero-order valence-corrected chi connectivity index (χ0v) is 10.4. The minimum atomic E-state index is -0.0920. The Morgan fingerprint density at radius 2 is 2.24 bits per heavy atom. The molecule has 0 fully saturated rings. The molecule has 2 N–H and O–H groups in total. The van der Waals surface area contributed by atoms with E-state index in [2.05, 4.69) is 9.97 Å². The van der Waals surface area contributed by atoms with Gasteiger partial charge in [0, 0.05) is 10.7 Å². The predicted molar refractivity (Wildman–Crippen MR) is 66.2 cm³/mol. The van der Waals surface area contributed by atoms with Gasteiger partial charge in [0.05, 0.1) is 25.0 Å². The van der Waals surface area contributed by atoms with Crippen LogP contribution >= 0.6 is 11.6 Å². The lowest BCUT2D eigenvalue weighted by atomic mass is 10.2. The first kappa shape index (κ1) is 12.0. The number of hydrogen-bond donors (Lipinski definition) is 2. The fourth-order valence-corrected chi connectivity index (χ4v) is 1.82. The number of imidazole rings is 1. The third kappa shape index (κ3) is 2.28. The number of nitrogens with zero attached hydrogens (tertiary/aromatic N) is 1. The van der Waals surface area contributed by atoms with Crippen LogP contribution in [0.25, 0.3) is 11.4 Å². The van der Waals surface area contributed by atoms with Crippen molar-refractivity contribution in [1.82, 2.24) is 9.97 Å². The summed E-state index contributed by atoms with van der Waals surface area (Å²) in [5, 5.41) is 9.73. The van der Waals surface area contributed by atoms with E-state index in [0.29, 0.717) is 22.3 Å². The molecule has 0 spiro atoms. The molecule has 5 heteroatoms. The van der Waals surface area contributed by atoms with E-state index in [9.17, 15) is 0 Å². The largest absolute Gasteiger partial charge is 0.496 e. The molecule has 0 unspecified atom stereocenters. The van der Waals surface area contributed by atoms with Crippen LogP contribution in [-0.2, 0) is 6.61 Å². The van der Waals surface area contributed by atoms with Crippen LogP contribution in [0.2, 0.25) is 5.02 Å². The van der Waals surface area contributed by atoms with Gasteiger partial charge in [-0.1, -0.05) is 11.6 Å². The van der Waals surface area contributed by atoms with Gasteiger partial charge in [0.2, 0.25) is 0 Å². The van der Waals surface area contributed by atoms with Gasteiger partial charge in [-0.2, -0.15) is 0 Å². The monoisotopic (exact) mass is 252 g/mol. The number of aryl methyl sites for hydroxylation is 1. The number of aromatic nitrogens is 2. The predicted octanol–water partition coefficient (Wildman–Crippen LogP) is 2.54. The molecule has 0 saturated heterocycles. The second-order valence-electron chi connectivity index (χ2n) is 3.66. The van der Waals surface area contributed by atoms with Crippen LogP contribution in [-0.4, -0.2) is 22.2 Å². The van der Waals surface area contributed by atoms with Gasteiger partial charge < -0.3 is 14.8 Å². The maximum absolute atomic E-state index is 9.12. The van der Waals surface area contributed by atoms with E-state index < -0.39 is 0 Å². The van der Waals surface area contributed by atoms with Gasteiger partial charge in [-0.25, -0.2) is 4.98 Å². The Labute approximate surface area is 104 Å². The highest BCUT2D eigenvalue weighted by molar-refractivity contribution is 6.30. The summed E-state index contributed by atoms with van der Waals surface area (Å²) in [4.78, 5) is 7.41. The zero-order valence-electron chi connectivity index (χ0n) is 9.62. The SMILES string of the molecule is COc1ccc(Cl)cc1-c1nc(CO)c(C)[nH]1. The first-order valence-electron chi connectivity index (χ1n) is 5.16. The van der Waals surface area contributed by atoms with Gasteiger partial charge in [-0.3, -0.25) is 0 Å². The van der Waals surface area contributed by atoms with Crippen LogP contribution < -0.4 is 4.74 Å². The number of H-pyrrole nitrogens is 1. The van der Waals surface area contributed by atoms with Gasteiger partial charge in [0.1, 0.15) is 11.6 Å². The third-order valence-corrected chi connectivity index (χ3v) is 2.79. The molecule has 0 bridgehead atoms. The molecule has 2 rings (SSSR count). The number of hydrogen-bond acceptors (Lipinski definition) is 3. The molecule has 2 aromatic rings. The van der Waals surface area contributed by atoms with Crippen molar-refractivity contribution in [3.8, 4) is 17.1 Å². The number of aliphatic hydroxyl groups is 1. The highest BCUT2D eigenvalue weighted by Crippen LogP contribution is 2.31. The van der Waals surface area contributed by atoms with E-state index >= 15 is 0 Å². The summed E-state index contributed by atoms with van der Waals surface area (Å²) in [7, 11) is 1.59. The van der Waals surface area contributed by atoms with Crippen LogP contribution in [0.3, 0.4) is 0 Å². The van der Waals surface area contributed by atoms with E-state index in [1.54, 1.807) is 25.3 Å². The molecule has 0 aliphatic carbocycles. The molecule has 0 radical (unpaired) electrons. The number of ether oxygens (including phenoxy) is 1. The van der Waals surface area contributed by atoms with Crippen molar-refractivity contribution in [2.24, 2.45) is 0 Å². The van der Waals surface area contributed by atoms with E-state index in [1.807, 2.05) is 6.92 Å². The van der Waals surface area contributed by atoms with Crippen LogP contribution in [0.5, 0.6) is 5.75 Å². The van der Waals surface area contributed by atoms with Gasteiger partial charge in [0.25, 0.3) is 0 Å². The molecule has 1 aromatic carbocycles. The van der Waals surface area contributed by atoms with Crippen LogP contribution in [0.4, 0.5) is 0 Å². The first-order valence-corrected chi connectivity index (χ1v) is 5.53.